The fourth-order valence-corrected chi connectivity index (χ4v) is 1.77. The fraction of sp³-hybridized carbons (Fsp3) is 0.467. The van der Waals surface area contributed by atoms with Gasteiger partial charge in [-0.25, -0.2) is 4.79 Å². The number of nitrogens with one attached hydrogen (secondary N) is 2. The van der Waals surface area contributed by atoms with Gasteiger partial charge < -0.3 is 25.7 Å². The Hall–Kier alpha value is -2.28. The van der Waals surface area contributed by atoms with Crippen molar-refractivity contribution in [3.8, 4) is 5.75 Å². The Morgan fingerprint density at radius 1 is 1.27 bits per heavy atom. The van der Waals surface area contributed by atoms with E-state index in [-0.39, 0.29) is 18.2 Å². The number of phenols is 1. The van der Waals surface area contributed by atoms with E-state index in [1.54, 1.807) is 26.2 Å². The quantitative estimate of drug-likeness (QED) is 0.554. The van der Waals surface area contributed by atoms with Gasteiger partial charge in [-0.3, -0.25) is 4.79 Å². The maximum Gasteiger partial charge on any atom is 0.314 e. The van der Waals surface area contributed by atoms with Gasteiger partial charge in [0.05, 0.1) is 6.10 Å². The van der Waals surface area contributed by atoms with Crippen LogP contribution >= 0.6 is 0 Å². The lowest BCUT2D eigenvalue weighted by atomic mass is 10.1. The van der Waals surface area contributed by atoms with E-state index in [0.29, 0.717) is 24.9 Å². The molecule has 1 aromatic rings. The topological polar surface area (TPSA) is 102 Å². The number of aliphatic hydroxyl groups is 1. The van der Waals surface area contributed by atoms with Crippen LogP contribution in [0.3, 0.4) is 0 Å². The normalized spacial score (nSPS) is 11.6. The van der Waals surface area contributed by atoms with Gasteiger partial charge in [0.15, 0.2) is 0 Å². The first-order chi connectivity index (χ1) is 10.4. The third-order valence-electron chi connectivity index (χ3n) is 3.06. The summed E-state index contributed by atoms with van der Waals surface area (Å²) in [6.07, 6.45) is 0.0341. The molecular weight excluding hydrogens is 286 g/mol. The molecule has 0 aliphatic rings. The SMILES string of the molecule is CN(C)C(=O)CCCNC(=O)NC[C@@H](O)c1cccc(O)c1. The van der Waals surface area contributed by atoms with Gasteiger partial charge >= 0.3 is 6.03 Å². The highest BCUT2D eigenvalue weighted by atomic mass is 16.3. The first-order valence-electron chi connectivity index (χ1n) is 7.09. The number of benzene rings is 1. The zero-order valence-corrected chi connectivity index (χ0v) is 12.9. The number of rotatable bonds is 7. The maximum atomic E-state index is 11.5. The average molecular weight is 309 g/mol. The second-order valence-corrected chi connectivity index (χ2v) is 5.14. The van der Waals surface area contributed by atoms with Gasteiger partial charge in [-0.2, -0.15) is 0 Å². The van der Waals surface area contributed by atoms with Gasteiger partial charge in [0.1, 0.15) is 5.75 Å². The number of amides is 3. The molecule has 122 valence electrons. The van der Waals surface area contributed by atoms with Gasteiger partial charge in [0.25, 0.3) is 0 Å². The van der Waals surface area contributed by atoms with E-state index < -0.39 is 12.1 Å². The van der Waals surface area contributed by atoms with E-state index >= 15 is 0 Å². The summed E-state index contributed by atoms with van der Waals surface area (Å²) >= 11 is 0. The van der Waals surface area contributed by atoms with Crippen LogP contribution in [-0.2, 0) is 4.79 Å². The predicted octanol–water partition coefficient (Wildman–Crippen LogP) is 0.593. The minimum Gasteiger partial charge on any atom is -0.508 e. The summed E-state index contributed by atoms with van der Waals surface area (Å²) in [5.74, 6) is 0.0769. The Morgan fingerprint density at radius 3 is 2.64 bits per heavy atom. The molecule has 22 heavy (non-hydrogen) atoms. The average Bonchev–Trinajstić information content (AvgIpc) is 2.48. The van der Waals surface area contributed by atoms with E-state index in [4.69, 9.17) is 0 Å². The van der Waals surface area contributed by atoms with Crippen molar-refractivity contribution >= 4 is 11.9 Å². The van der Waals surface area contributed by atoms with Crippen molar-refractivity contribution in [1.82, 2.24) is 15.5 Å². The lowest BCUT2D eigenvalue weighted by molar-refractivity contribution is -0.128. The van der Waals surface area contributed by atoms with E-state index in [0.717, 1.165) is 0 Å². The minimum atomic E-state index is -0.895. The van der Waals surface area contributed by atoms with Crippen molar-refractivity contribution in [3.05, 3.63) is 29.8 Å². The first-order valence-corrected chi connectivity index (χ1v) is 7.09. The molecule has 1 atom stereocenters. The first kappa shape index (κ1) is 17.8. The van der Waals surface area contributed by atoms with Crippen LogP contribution in [0, 0.1) is 0 Å². The molecule has 0 aromatic heterocycles. The maximum absolute atomic E-state index is 11.5. The molecule has 0 aliphatic carbocycles. The summed E-state index contributed by atoms with van der Waals surface area (Å²) < 4.78 is 0. The molecule has 0 saturated carbocycles. The minimum absolute atomic E-state index is 0.0153. The number of nitrogens with zero attached hydrogens (tertiary/aromatic N) is 1. The van der Waals surface area contributed by atoms with Crippen LogP contribution in [0.1, 0.15) is 24.5 Å². The highest BCUT2D eigenvalue weighted by Gasteiger charge is 2.10. The van der Waals surface area contributed by atoms with E-state index in [1.807, 2.05) is 0 Å². The zero-order chi connectivity index (χ0) is 16.5. The molecule has 7 heteroatoms. The smallest absolute Gasteiger partial charge is 0.314 e. The van der Waals surface area contributed by atoms with Crippen LogP contribution in [-0.4, -0.2) is 54.2 Å². The number of hydrogen-bond acceptors (Lipinski definition) is 4. The molecule has 4 N–H and O–H groups in total. The standard InChI is InChI=1S/C15H23N3O4/c1-18(2)14(21)7-4-8-16-15(22)17-10-13(20)11-5-3-6-12(19)9-11/h3,5-6,9,13,19-20H,4,7-8,10H2,1-2H3,(H2,16,17,22)/t13-/m1/s1. The molecule has 7 nitrogen and oxygen atoms in total. The van der Waals surface area contributed by atoms with Gasteiger partial charge in [-0.1, -0.05) is 12.1 Å². The van der Waals surface area contributed by atoms with Crippen LogP contribution < -0.4 is 10.6 Å². The molecule has 1 rings (SSSR count). The van der Waals surface area contributed by atoms with Crippen molar-refractivity contribution in [2.24, 2.45) is 0 Å². The van der Waals surface area contributed by atoms with Crippen molar-refractivity contribution in [2.75, 3.05) is 27.2 Å². The molecule has 0 aliphatic heterocycles. The molecule has 0 unspecified atom stereocenters. The number of aliphatic hydroxyl groups excluding tert-OH is 1. The second kappa shape index (κ2) is 8.89. The van der Waals surface area contributed by atoms with E-state index in [2.05, 4.69) is 10.6 Å². The summed E-state index contributed by atoms with van der Waals surface area (Å²) in [7, 11) is 3.37. The molecule has 0 radical (unpaired) electrons. The van der Waals surface area contributed by atoms with Crippen LogP contribution in [0.2, 0.25) is 0 Å². The van der Waals surface area contributed by atoms with Crippen LogP contribution in [0.4, 0.5) is 4.79 Å². The van der Waals surface area contributed by atoms with Crippen molar-refractivity contribution < 1.29 is 19.8 Å². The number of aromatic hydroxyl groups is 1. The van der Waals surface area contributed by atoms with E-state index in [9.17, 15) is 19.8 Å². The third kappa shape index (κ3) is 6.45. The summed E-state index contributed by atoms with van der Waals surface area (Å²) in [5.41, 5.74) is 0.525. The highest BCUT2D eigenvalue weighted by Crippen LogP contribution is 2.17. The molecule has 3 amide bonds. The van der Waals surface area contributed by atoms with Crippen molar-refractivity contribution in [2.45, 2.75) is 18.9 Å². The van der Waals surface area contributed by atoms with E-state index in [1.165, 1.54) is 17.0 Å². The molecule has 0 saturated heterocycles. The number of urea groups is 1. The van der Waals surface area contributed by atoms with Crippen LogP contribution in [0.25, 0.3) is 0 Å². The number of phenolic OH excluding ortho intramolecular Hbond substituents is 1. The van der Waals surface area contributed by atoms with Gasteiger partial charge in [-0.15, -0.1) is 0 Å². The fourth-order valence-electron chi connectivity index (χ4n) is 1.77. The summed E-state index contributed by atoms with van der Waals surface area (Å²) in [5, 5.41) is 24.4. The summed E-state index contributed by atoms with van der Waals surface area (Å²) in [6, 6.07) is 5.83. The zero-order valence-electron chi connectivity index (χ0n) is 12.9. The molecule has 0 fully saturated rings. The van der Waals surface area contributed by atoms with Gasteiger partial charge in [-0.05, 0) is 24.1 Å². The van der Waals surface area contributed by atoms with Crippen LogP contribution in [0.15, 0.2) is 24.3 Å². The van der Waals surface area contributed by atoms with Gasteiger partial charge in [0, 0.05) is 33.6 Å². The lowest BCUT2D eigenvalue weighted by Gasteiger charge is -2.13. The Bertz CT molecular complexity index is 505. The Labute approximate surface area is 129 Å². The number of carbonyl (C=O) groups excluding carboxylic acids is 2. The van der Waals surface area contributed by atoms with Crippen LogP contribution in [0.5, 0.6) is 5.75 Å². The highest BCUT2D eigenvalue weighted by molar-refractivity contribution is 5.76. The van der Waals surface area contributed by atoms with Crippen molar-refractivity contribution in [3.63, 3.8) is 0 Å². The number of hydrogen-bond donors (Lipinski definition) is 4. The van der Waals surface area contributed by atoms with Gasteiger partial charge in [0.2, 0.25) is 5.91 Å². The molecular formula is C15H23N3O4. The molecule has 0 spiro atoms. The second-order valence-electron chi connectivity index (χ2n) is 5.14. The summed E-state index contributed by atoms with van der Waals surface area (Å²) in [4.78, 5) is 24.4. The number of carbonyl (C=O) groups is 2. The third-order valence-corrected chi connectivity index (χ3v) is 3.06. The lowest BCUT2D eigenvalue weighted by Crippen LogP contribution is -2.38. The Balaban J connectivity index is 2.21. The molecule has 1 aromatic carbocycles. The Kier molecular flexibility index (Phi) is 7.18. The Morgan fingerprint density at radius 2 is 2.00 bits per heavy atom. The predicted molar refractivity (Wildman–Crippen MR) is 82.4 cm³/mol. The molecule has 0 heterocycles. The monoisotopic (exact) mass is 309 g/mol. The molecule has 0 bridgehead atoms. The largest absolute Gasteiger partial charge is 0.508 e. The summed E-state index contributed by atoms with van der Waals surface area (Å²) in [6.45, 7) is 0.416. The van der Waals surface area contributed by atoms with Crippen molar-refractivity contribution in [1.29, 1.82) is 0 Å².